The van der Waals surface area contributed by atoms with Crippen molar-refractivity contribution in [2.45, 2.75) is 11.2 Å². The summed E-state index contributed by atoms with van der Waals surface area (Å²) in [5, 5.41) is 17.7. The third-order valence-corrected chi connectivity index (χ3v) is 4.96. The predicted octanol–water partition coefficient (Wildman–Crippen LogP) is 0.699. The molecule has 0 saturated heterocycles. The van der Waals surface area contributed by atoms with Crippen LogP contribution in [0.15, 0.2) is 30.3 Å². The Morgan fingerprint density at radius 2 is 2.00 bits per heavy atom. The Labute approximate surface area is 100 Å². The summed E-state index contributed by atoms with van der Waals surface area (Å²) >= 11 is 0. The second-order valence-electron chi connectivity index (χ2n) is 4.45. The van der Waals surface area contributed by atoms with Gasteiger partial charge in [-0.25, -0.2) is 8.42 Å². The molecule has 1 aliphatic rings. The van der Waals surface area contributed by atoms with Gasteiger partial charge in [-0.05, 0) is 5.56 Å². The van der Waals surface area contributed by atoms with Crippen molar-refractivity contribution in [1.82, 2.24) is 0 Å². The van der Waals surface area contributed by atoms with E-state index in [0.717, 1.165) is 11.8 Å². The van der Waals surface area contributed by atoms with Gasteiger partial charge in [-0.1, -0.05) is 30.3 Å². The first-order valence-electron chi connectivity index (χ1n) is 5.23. The van der Waals surface area contributed by atoms with Gasteiger partial charge in [0, 0.05) is 12.2 Å². The zero-order chi connectivity index (χ0) is 12.7. The highest BCUT2D eigenvalue weighted by molar-refractivity contribution is 7.91. The molecule has 1 N–H and O–H groups in total. The lowest BCUT2D eigenvalue weighted by molar-refractivity contribution is 0.242. The maximum absolute atomic E-state index is 11.6. The topological polar surface area (TPSA) is 78.2 Å². The van der Waals surface area contributed by atoms with Crippen LogP contribution in [0.5, 0.6) is 0 Å². The molecule has 0 unspecified atom stereocenters. The fourth-order valence-electron chi connectivity index (χ4n) is 2.52. The fourth-order valence-corrected chi connectivity index (χ4v) is 4.38. The summed E-state index contributed by atoms with van der Waals surface area (Å²) in [6.07, 6.45) is 1.11. The molecular formula is C12H13NO3S. The Morgan fingerprint density at radius 1 is 1.41 bits per heavy atom. The maximum atomic E-state index is 11.6. The van der Waals surface area contributed by atoms with Crippen LogP contribution in [0.1, 0.15) is 11.5 Å². The molecule has 3 atom stereocenters. The highest BCUT2D eigenvalue weighted by Crippen LogP contribution is 2.62. The molecule has 90 valence electrons. The zero-order valence-corrected chi connectivity index (χ0v) is 10.2. The smallest absolute Gasteiger partial charge is 0.152 e. The number of benzene rings is 1. The Hall–Kier alpha value is -1.38. The van der Waals surface area contributed by atoms with E-state index in [2.05, 4.69) is 0 Å². The van der Waals surface area contributed by atoms with Crippen LogP contribution in [0.4, 0.5) is 0 Å². The number of rotatable bonds is 3. The highest BCUT2D eigenvalue weighted by atomic mass is 32.2. The van der Waals surface area contributed by atoms with Crippen LogP contribution in [0, 0.1) is 16.7 Å². The van der Waals surface area contributed by atoms with Crippen molar-refractivity contribution in [2.24, 2.45) is 5.41 Å². The lowest BCUT2D eigenvalue weighted by atomic mass is 10.0. The quantitative estimate of drug-likeness (QED) is 0.857. The Morgan fingerprint density at radius 3 is 2.35 bits per heavy atom. The van der Waals surface area contributed by atoms with Crippen molar-refractivity contribution in [3.05, 3.63) is 35.9 Å². The van der Waals surface area contributed by atoms with Crippen LogP contribution in [0.2, 0.25) is 0 Å². The van der Waals surface area contributed by atoms with E-state index in [1.807, 2.05) is 12.1 Å². The standard InChI is InChI=1S/C12H13NO3S/c1-17(15,16)11-10(12(11,7-13)8-14)9-5-3-2-4-6-9/h2-6,10-11,14H,8H2,1H3/t10-,11+,12-/m0/s1. The minimum absolute atomic E-state index is 0.423. The van der Waals surface area contributed by atoms with Crippen LogP contribution in [-0.2, 0) is 9.84 Å². The summed E-state index contributed by atoms with van der Waals surface area (Å²) in [4.78, 5) is 0. The van der Waals surface area contributed by atoms with E-state index in [0.29, 0.717) is 0 Å². The van der Waals surface area contributed by atoms with Crippen LogP contribution in [-0.4, -0.2) is 31.6 Å². The van der Waals surface area contributed by atoms with E-state index >= 15 is 0 Å². The minimum atomic E-state index is -3.34. The number of nitrogens with zero attached hydrogens (tertiary/aromatic N) is 1. The Balaban J connectivity index is 2.47. The Kier molecular flexibility index (Phi) is 2.72. The summed E-state index contributed by atoms with van der Waals surface area (Å²) in [5.74, 6) is -0.423. The third-order valence-electron chi connectivity index (χ3n) is 3.35. The van der Waals surface area contributed by atoms with Crippen molar-refractivity contribution in [3.8, 4) is 6.07 Å². The molecule has 0 heterocycles. The summed E-state index contributed by atoms with van der Waals surface area (Å²) in [5.41, 5.74) is -0.381. The van der Waals surface area contributed by atoms with Crippen LogP contribution >= 0.6 is 0 Å². The van der Waals surface area contributed by atoms with Gasteiger partial charge in [-0.2, -0.15) is 5.26 Å². The molecule has 0 radical (unpaired) electrons. The summed E-state index contributed by atoms with van der Waals surface area (Å²) in [6.45, 7) is -0.430. The minimum Gasteiger partial charge on any atom is -0.395 e. The molecule has 0 aliphatic heterocycles. The van der Waals surface area contributed by atoms with Gasteiger partial charge >= 0.3 is 0 Å². The third kappa shape index (κ3) is 1.74. The van der Waals surface area contributed by atoms with Gasteiger partial charge in [-0.15, -0.1) is 0 Å². The van der Waals surface area contributed by atoms with Gasteiger partial charge < -0.3 is 5.11 Å². The number of nitriles is 1. The first-order valence-corrected chi connectivity index (χ1v) is 7.19. The normalized spacial score (nSPS) is 31.8. The Bertz CT molecular complexity index is 561. The van der Waals surface area contributed by atoms with E-state index < -0.39 is 33.0 Å². The van der Waals surface area contributed by atoms with E-state index in [1.54, 1.807) is 24.3 Å². The molecule has 4 nitrogen and oxygen atoms in total. The molecule has 1 fully saturated rings. The van der Waals surface area contributed by atoms with Crippen molar-refractivity contribution < 1.29 is 13.5 Å². The molecule has 5 heteroatoms. The number of aliphatic hydroxyl groups excluding tert-OH is 1. The second-order valence-corrected chi connectivity index (χ2v) is 6.62. The number of aliphatic hydroxyl groups is 1. The van der Waals surface area contributed by atoms with Crippen molar-refractivity contribution in [1.29, 1.82) is 5.26 Å². The largest absolute Gasteiger partial charge is 0.395 e. The number of hydrogen-bond acceptors (Lipinski definition) is 4. The number of hydrogen-bond donors (Lipinski definition) is 1. The molecule has 0 aromatic heterocycles. The molecule has 0 amide bonds. The van der Waals surface area contributed by atoms with E-state index in [4.69, 9.17) is 5.26 Å². The van der Waals surface area contributed by atoms with Crippen molar-refractivity contribution in [3.63, 3.8) is 0 Å². The lowest BCUT2D eigenvalue weighted by Gasteiger charge is -2.02. The molecule has 1 aliphatic carbocycles. The first-order chi connectivity index (χ1) is 7.97. The molecule has 0 spiro atoms. The molecular weight excluding hydrogens is 238 g/mol. The van der Waals surface area contributed by atoms with Crippen LogP contribution < -0.4 is 0 Å². The highest BCUT2D eigenvalue weighted by Gasteiger charge is 2.70. The van der Waals surface area contributed by atoms with Crippen LogP contribution in [0.25, 0.3) is 0 Å². The second kappa shape index (κ2) is 3.83. The lowest BCUT2D eigenvalue weighted by Crippen LogP contribution is -2.16. The van der Waals surface area contributed by atoms with Gasteiger partial charge in [-0.3, -0.25) is 0 Å². The molecule has 0 bridgehead atoms. The van der Waals surface area contributed by atoms with E-state index in [-0.39, 0.29) is 0 Å². The SMILES string of the molecule is CS(=O)(=O)[C@@H]1[C@H](c2ccccc2)[C@]1(C#N)CO. The van der Waals surface area contributed by atoms with Crippen LogP contribution in [0.3, 0.4) is 0 Å². The fraction of sp³-hybridized carbons (Fsp3) is 0.417. The predicted molar refractivity (Wildman–Crippen MR) is 62.9 cm³/mol. The van der Waals surface area contributed by atoms with Gasteiger partial charge in [0.1, 0.15) is 5.41 Å². The summed E-state index contributed by atoms with van der Waals surface area (Å²) in [7, 11) is -3.34. The molecule has 2 rings (SSSR count). The van der Waals surface area contributed by atoms with Gasteiger partial charge in [0.15, 0.2) is 9.84 Å². The molecule has 1 aromatic carbocycles. The number of sulfone groups is 1. The average molecular weight is 251 g/mol. The monoisotopic (exact) mass is 251 g/mol. The zero-order valence-electron chi connectivity index (χ0n) is 9.37. The summed E-state index contributed by atoms with van der Waals surface area (Å²) < 4.78 is 23.3. The molecule has 17 heavy (non-hydrogen) atoms. The first kappa shape index (κ1) is 12.1. The summed E-state index contributed by atoms with van der Waals surface area (Å²) in [6, 6.07) is 11.0. The van der Waals surface area contributed by atoms with Gasteiger partial charge in [0.2, 0.25) is 0 Å². The maximum Gasteiger partial charge on any atom is 0.152 e. The molecule has 1 aromatic rings. The van der Waals surface area contributed by atoms with E-state index in [9.17, 15) is 13.5 Å². The van der Waals surface area contributed by atoms with Crippen molar-refractivity contribution >= 4 is 9.84 Å². The van der Waals surface area contributed by atoms with Crippen molar-refractivity contribution in [2.75, 3.05) is 12.9 Å². The van der Waals surface area contributed by atoms with E-state index in [1.165, 1.54) is 0 Å². The molecule has 1 saturated carbocycles. The van der Waals surface area contributed by atoms with Gasteiger partial charge in [0.05, 0.1) is 17.9 Å². The van der Waals surface area contributed by atoms with Gasteiger partial charge in [0.25, 0.3) is 0 Å². The average Bonchev–Trinajstić information content (AvgIpc) is 3.00.